The van der Waals surface area contributed by atoms with Crippen molar-refractivity contribution in [3.63, 3.8) is 0 Å². The van der Waals surface area contributed by atoms with Gasteiger partial charge in [0.15, 0.2) is 5.88 Å². The fourth-order valence-electron chi connectivity index (χ4n) is 7.41. The number of H-pyrrole nitrogens is 2. The Hall–Kier alpha value is -6.43. The molecule has 3 amide bonds. The van der Waals surface area contributed by atoms with Crippen LogP contribution in [0.2, 0.25) is 0 Å². The van der Waals surface area contributed by atoms with Crippen molar-refractivity contribution in [3.05, 3.63) is 121 Å². The molecule has 0 spiro atoms. The van der Waals surface area contributed by atoms with E-state index in [4.69, 9.17) is 9.72 Å². The van der Waals surface area contributed by atoms with Crippen LogP contribution in [0.5, 0.6) is 0 Å². The van der Waals surface area contributed by atoms with Gasteiger partial charge in [-0.2, -0.15) is 0 Å². The second kappa shape index (κ2) is 18.2. The summed E-state index contributed by atoms with van der Waals surface area (Å²) in [4.78, 5) is 60.0. The molecule has 1 aliphatic rings. The minimum Gasteiger partial charge on any atom is -0.483 e. The van der Waals surface area contributed by atoms with Crippen molar-refractivity contribution in [3.8, 4) is 22.4 Å². The zero-order chi connectivity index (χ0) is 40.6. The van der Waals surface area contributed by atoms with Crippen LogP contribution in [0.15, 0.2) is 104 Å². The maximum atomic E-state index is 14.2. The number of hydrogen-bond acceptors (Lipinski definition) is 7. The summed E-state index contributed by atoms with van der Waals surface area (Å²) in [6, 6.07) is 27.6. The topological polar surface area (TPSA) is 148 Å². The number of fused-ring (bicyclic) bond motifs is 3. The van der Waals surface area contributed by atoms with Gasteiger partial charge in [0.2, 0.25) is 17.7 Å². The van der Waals surface area contributed by atoms with Gasteiger partial charge in [0.1, 0.15) is 17.7 Å². The number of amides is 3. The Morgan fingerprint density at radius 1 is 0.862 bits per heavy atom. The Morgan fingerprint density at radius 3 is 2.28 bits per heavy atom. The number of methoxy groups -OCH3 is 1. The maximum absolute atomic E-state index is 14.2. The normalized spacial score (nSPS) is 13.2. The quantitative estimate of drug-likeness (QED) is 0.0657. The van der Waals surface area contributed by atoms with Gasteiger partial charge in [0.25, 0.3) is 0 Å². The number of carbonyl (C=O) groups excluding carboxylic acids is 3. The summed E-state index contributed by atoms with van der Waals surface area (Å²) in [7, 11) is 1.51. The lowest BCUT2D eigenvalue weighted by atomic mass is 9.84. The monoisotopic (exact) mass is 780 g/mol. The zero-order valence-electron chi connectivity index (χ0n) is 33.5. The molecule has 2 heterocycles. The van der Waals surface area contributed by atoms with E-state index < -0.39 is 6.04 Å². The summed E-state index contributed by atoms with van der Waals surface area (Å²) in [5, 5.41) is 8.08. The first-order valence-electron chi connectivity index (χ1n) is 20.2. The van der Waals surface area contributed by atoms with Crippen molar-refractivity contribution in [2.24, 2.45) is 5.92 Å². The molecular weight excluding hydrogens is 729 g/mol. The van der Waals surface area contributed by atoms with Crippen LogP contribution >= 0.6 is 0 Å². The molecule has 0 bridgehead atoms. The highest BCUT2D eigenvalue weighted by atomic mass is 16.5. The summed E-state index contributed by atoms with van der Waals surface area (Å²) in [6.07, 6.45) is 6.18. The molecule has 6 aromatic rings. The lowest BCUT2D eigenvalue weighted by Crippen LogP contribution is -2.45. The van der Waals surface area contributed by atoms with Gasteiger partial charge >= 0.3 is 0 Å². The van der Waals surface area contributed by atoms with Crippen LogP contribution < -0.4 is 10.6 Å². The van der Waals surface area contributed by atoms with E-state index in [0.717, 1.165) is 81.9 Å². The minimum atomic E-state index is -0.759. The zero-order valence-corrected chi connectivity index (χ0v) is 33.5. The van der Waals surface area contributed by atoms with E-state index in [2.05, 4.69) is 80.7 Å². The predicted octanol–water partition coefficient (Wildman–Crippen LogP) is 7.62. The molecule has 0 radical (unpaired) electrons. The Labute approximate surface area is 339 Å². The standard InChI is InChI=1S/C46H52N8O4/c1-5-23-53(42(55)27-47-30(3)58-4)28-40-48-26-39(50-40)32-17-15-31(16-18-32)35-19-21-37-36(25-35)20-22-38-44(37)51-41(49-38)29-54(24-6-2)46(57)43(33-11-8-7-9-12-33)52-45(56)34-13-10-14-34/h7-9,11-12,15-22,25-26,34,43,47H,3,5-6,10,13-14,23-24,27-29H2,1-2,4H3,(H,48,50)(H,49,51)(H,52,56)/t43-/m1/s1. The lowest BCUT2D eigenvalue weighted by molar-refractivity contribution is -0.139. The van der Waals surface area contributed by atoms with Crippen LogP contribution in [-0.4, -0.2) is 74.2 Å². The van der Waals surface area contributed by atoms with Gasteiger partial charge in [-0.1, -0.05) is 93.1 Å². The number of aromatic nitrogens is 4. The largest absolute Gasteiger partial charge is 0.483 e. The smallest absolute Gasteiger partial charge is 0.250 e. The molecule has 0 unspecified atom stereocenters. The summed E-state index contributed by atoms with van der Waals surface area (Å²) in [5.74, 6) is 1.48. The molecule has 0 aliphatic heterocycles. The van der Waals surface area contributed by atoms with Crippen molar-refractivity contribution in [1.29, 1.82) is 0 Å². The van der Waals surface area contributed by atoms with Gasteiger partial charge in [-0.05, 0) is 72.0 Å². The Kier molecular flexibility index (Phi) is 12.5. The number of rotatable bonds is 18. The number of nitrogens with zero attached hydrogens (tertiary/aromatic N) is 4. The second-order valence-electron chi connectivity index (χ2n) is 14.9. The SMILES string of the molecule is C=C(NCC(=O)N(CCC)Cc1ncc(-c2ccc(-c3ccc4c(ccc5nc(CN(CCC)C(=O)[C@H](NC(=O)C6CCC6)c6ccccc6)[nH]c54)c3)cc2)[nH]1)OC. The van der Waals surface area contributed by atoms with E-state index in [1.807, 2.05) is 50.2 Å². The van der Waals surface area contributed by atoms with Gasteiger partial charge in [-0.25, -0.2) is 9.97 Å². The number of aromatic amines is 2. The third kappa shape index (κ3) is 9.07. The van der Waals surface area contributed by atoms with Gasteiger partial charge in [0.05, 0.1) is 49.7 Å². The molecule has 2 aromatic heterocycles. The highest BCUT2D eigenvalue weighted by Gasteiger charge is 2.32. The van der Waals surface area contributed by atoms with Gasteiger partial charge in [0, 0.05) is 24.4 Å². The molecule has 1 aliphatic carbocycles. The number of carbonyl (C=O) groups is 3. The van der Waals surface area contributed by atoms with Crippen molar-refractivity contribution >= 4 is 39.5 Å². The van der Waals surface area contributed by atoms with E-state index in [1.165, 1.54) is 7.11 Å². The van der Waals surface area contributed by atoms with Gasteiger partial charge in [-0.3, -0.25) is 14.4 Å². The van der Waals surface area contributed by atoms with Gasteiger partial charge < -0.3 is 35.1 Å². The number of hydrogen-bond donors (Lipinski definition) is 4. The first kappa shape index (κ1) is 39.8. The second-order valence-corrected chi connectivity index (χ2v) is 14.9. The van der Waals surface area contributed by atoms with Crippen molar-refractivity contribution in [2.45, 2.75) is 65.1 Å². The summed E-state index contributed by atoms with van der Waals surface area (Å²) < 4.78 is 5.02. The molecule has 7 rings (SSSR count). The maximum Gasteiger partial charge on any atom is 0.250 e. The number of imidazole rings is 2. The van der Waals surface area contributed by atoms with E-state index in [1.54, 1.807) is 16.0 Å². The Morgan fingerprint density at radius 2 is 1.57 bits per heavy atom. The molecule has 1 fully saturated rings. The van der Waals surface area contributed by atoms with E-state index in [9.17, 15) is 14.4 Å². The van der Waals surface area contributed by atoms with E-state index in [-0.39, 0.29) is 30.2 Å². The van der Waals surface area contributed by atoms with Crippen LogP contribution in [0.25, 0.3) is 44.2 Å². The average Bonchev–Trinajstić information content (AvgIpc) is 3.88. The molecule has 58 heavy (non-hydrogen) atoms. The Bertz CT molecular complexity index is 2380. The fraction of sp³-hybridized carbons (Fsp3) is 0.326. The van der Waals surface area contributed by atoms with Crippen molar-refractivity contribution < 1.29 is 19.1 Å². The highest BCUT2D eigenvalue weighted by Crippen LogP contribution is 2.31. The number of benzene rings is 4. The van der Waals surface area contributed by atoms with Gasteiger partial charge in [-0.15, -0.1) is 0 Å². The first-order chi connectivity index (χ1) is 28.2. The third-order valence-corrected chi connectivity index (χ3v) is 10.8. The fourth-order valence-corrected chi connectivity index (χ4v) is 7.41. The summed E-state index contributed by atoms with van der Waals surface area (Å²) in [6.45, 7) is 9.72. The average molecular weight is 781 g/mol. The molecule has 1 atom stereocenters. The molecule has 4 aromatic carbocycles. The van der Waals surface area contributed by atoms with Crippen LogP contribution in [0.4, 0.5) is 0 Å². The van der Waals surface area contributed by atoms with Crippen molar-refractivity contribution in [2.75, 3.05) is 26.7 Å². The number of nitrogens with one attached hydrogen (secondary N) is 4. The summed E-state index contributed by atoms with van der Waals surface area (Å²) >= 11 is 0. The molecule has 12 nitrogen and oxygen atoms in total. The van der Waals surface area contributed by atoms with Crippen molar-refractivity contribution in [1.82, 2.24) is 40.4 Å². The molecule has 300 valence electrons. The Balaban J connectivity index is 1.05. The third-order valence-electron chi connectivity index (χ3n) is 10.8. The van der Waals surface area contributed by atoms with Crippen LogP contribution in [0.3, 0.4) is 0 Å². The summed E-state index contributed by atoms with van der Waals surface area (Å²) in [5.41, 5.74) is 6.55. The van der Waals surface area contributed by atoms with Crippen LogP contribution in [0, 0.1) is 5.92 Å². The molecule has 12 heteroatoms. The number of ether oxygens (including phenoxy) is 1. The highest BCUT2D eigenvalue weighted by molar-refractivity contribution is 6.05. The predicted molar refractivity (Wildman–Crippen MR) is 227 cm³/mol. The molecular formula is C46H52N8O4. The lowest BCUT2D eigenvalue weighted by Gasteiger charge is -2.30. The van der Waals surface area contributed by atoms with E-state index in [0.29, 0.717) is 43.7 Å². The first-order valence-corrected chi connectivity index (χ1v) is 20.2. The van der Waals surface area contributed by atoms with Crippen LogP contribution in [-0.2, 0) is 32.2 Å². The molecule has 1 saturated carbocycles. The minimum absolute atomic E-state index is 0.0256. The van der Waals surface area contributed by atoms with E-state index >= 15 is 0 Å². The van der Waals surface area contributed by atoms with Crippen LogP contribution in [0.1, 0.15) is 69.2 Å². The molecule has 4 N–H and O–H groups in total. The molecule has 0 saturated heterocycles.